The number of benzene rings is 1. The number of pyridine rings is 1. The van der Waals surface area contributed by atoms with Crippen LogP contribution in [0.2, 0.25) is 0 Å². The molecular weight excluding hydrogens is 489 g/mol. The Labute approximate surface area is 209 Å². The van der Waals surface area contributed by atoms with Gasteiger partial charge in [0.1, 0.15) is 11.4 Å². The lowest BCUT2D eigenvalue weighted by atomic mass is 10.0. The normalized spacial score (nSPS) is 16.2. The molecule has 2 aliphatic heterocycles. The lowest BCUT2D eigenvalue weighted by Gasteiger charge is -2.27. The van der Waals surface area contributed by atoms with Crippen molar-refractivity contribution in [2.75, 3.05) is 18.4 Å². The second-order valence-corrected chi connectivity index (χ2v) is 11.2. The fourth-order valence-corrected chi connectivity index (χ4v) is 4.93. The summed E-state index contributed by atoms with van der Waals surface area (Å²) in [4.78, 5) is 30.1. The van der Waals surface area contributed by atoms with Gasteiger partial charge in [-0.3, -0.25) is 4.98 Å². The smallest absolute Gasteiger partial charge is 0.422 e. The predicted octanol–water partition coefficient (Wildman–Crippen LogP) is 3.63. The van der Waals surface area contributed by atoms with E-state index in [0.29, 0.717) is 36.5 Å². The van der Waals surface area contributed by atoms with E-state index in [1.54, 1.807) is 43.9 Å². The summed E-state index contributed by atoms with van der Waals surface area (Å²) in [6.45, 7) is 5.86. The van der Waals surface area contributed by atoms with Crippen LogP contribution in [0.25, 0.3) is 5.57 Å². The molecule has 0 spiro atoms. The molecule has 0 unspecified atom stereocenters. The van der Waals surface area contributed by atoms with Gasteiger partial charge in [-0.2, -0.15) is 12.7 Å². The molecule has 12 heteroatoms. The lowest BCUT2D eigenvalue weighted by Crippen LogP contribution is -2.46. The number of nitrogens with zero attached hydrogens (tertiary/aromatic N) is 3. The monoisotopic (exact) mass is 517 g/mol. The lowest BCUT2D eigenvalue weighted by molar-refractivity contribution is 0.0567. The van der Waals surface area contributed by atoms with E-state index < -0.39 is 27.7 Å². The van der Waals surface area contributed by atoms with Gasteiger partial charge in [-0.1, -0.05) is 18.2 Å². The van der Waals surface area contributed by atoms with Crippen molar-refractivity contribution in [3.8, 4) is 0 Å². The fourth-order valence-electron chi connectivity index (χ4n) is 3.94. The van der Waals surface area contributed by atoms with Gasteiger partial charge in [-0.25, -0.2) is 18.7 Å². The predicted molar refractivity (Wildman–Crippen MR) is 131 cm³/mol. The SMILES string of the molecule is CC(C)(C)OC(=O)NS(=O)(=O)N1CC=C(c2ccc(NC(=O)N3Cc4cc(F)cnc4C3)cc2)CC1. The van der Waals surface area contributed by atoms with E-state index in [0.717, 1.165) is 17.3 Å². The molecule has 0 fully saturated rings. The molecular formula is C24H28FN5O5S. The Kier molecular flexibility index (Phi) is 7.01. The van der Waals surface area contributed by atoms with Crippen LogP contribution in [-0.4, -0.2) is 53.4 Å². The summed E-state index contributed by atoms with van der Waals surface area (Å²) < 4.78 is 46.5. The number of nitrogens with one attached hydrogen (secondary N) is 2. The summed E-state index contributed by atoms with van der Waals surface area (Å²) in [7, 11) is -4.02. The minimum absolute atomic E-state index is 0.107. The third-order valence-electron chi connectivity index (χ3n) is 5.65. The van der Waals surface area contributed by atoms with E-state index in [4.69, 9.17) is 4.74 Å². The second kappa shape index (κ2) is 9.86. The van der Waals surface area contributed by atoms with Crippen molar-refractivity contribution in [1.82, 2.24) is 18.9 Å². The van der Waals surface area contributed by atoms with Crippen LogP contribution < -0.4 is 10.0 Å². The molecule has 2 N–H and O–H groups in total. The highest BCUT2D eigenvalue weighted by Crippen LogP contribution is 2.26. The standard InChI is InChI=1S/C24H28FN5O5S/c1-24(2,3)35-23(32)28-36(33,34)30-10-8-17(9-11-30)16-4-6-20(7-5-16)27-22(31)29-14-18-12-19(25)13-26-21(18)15-29/h4-8,12-13H,9-11,14-15H2,1-3H3,(H,27,31)(H,28,32). The average Bonchev–Trinajstić information content (AvgIpc) is 3.21. The first-order valence-electron chi connectivity index (χ1n) is 11.4. The number of amides is 3. The second-order valence-electron chi connectivity index (χ2n) is 9.57. The van der Waals surface area contributed by atoms with Gasteiger partial charge in [0.05, 0.1) is 18.4 Å². The highest BCUT2D eigenvalue weighted by Gasteiger charge is 2.29. The molecule has 0 radical (unpaired) electrons. The van der Waals surface area contributed by atoms with Crippen molar-refractivity contribution in [3.05, 3.63) is 65.2 Å². The molecule has 36 heavy (non-hydrogen) atoms. The Hall–Kier alpha value is -3.51. The van der Waals surface area contributed by atoms with Crippen molar-refractivity contribution in [2.24, 2.45) is 0 Å². The molecule has 10 nitrogen and oxygen atoms in total. The van der Waals surface area contributed by atoms with Crippen molar-refractivity contribution in [1.29, 1.82) is 0 Å². The Balaban J connectivity index is 1.32. The molecule has 1 aromatic heterocycles. The van der Waals surface area contributed by atoms with Crippen LogP contribution in [0, 0.1) is 5.82 Å². The van der Waals surface area contributed by atoms with E-state index in [-0.39, 0.29) is 19.1 Å². The Bertz CT molecular complexity index is 1310. The van der Waals surface area contributed by atoms with Crippen LogP contribution in [0.15, 0.2) is 42.6 Å². The molecule has 0 saturated heterocycles. The molecule has 2 aromatic rings. The van der Waals surface area contributed by atoms with Gasteiger partial charge in [-0.05, 0) is 62.1 Å². The molecule has 2 aliphatic rings. The summed E-state index contributed by atoms with van der Waals surface area (Å²) in [6, 6.07) is 8.31. The Morgan fingerprint density at radius 3 is 2.50 bits per heavy atom. The quantitative estimate of drug-likeness (QED) is 0.639. The minimum Gasteiger partial charge on any atom is -0.443 e. The van der Waals surface area contributed by atoms with E-state index in [1.165, 1.54) is 10.4 Å². The summed E-state index contributed by atoms with van der Waals surface area (Å²) in [5.74, 6) is -0.427. The largest absolute Gasteiger partial charge is 0.443 e. The zero-order chi connectivity index (χ0) is 26.1. The van der Waals surface area contributed by atoms with Gasteiger partial charge in [0.25, 0.3) is 0 Å². The topological polar surface area (TPSA) is 121 Å². The summed E-state index contributed by atoms with van der Waals surface area (Å²) >= 11 is 0. The number of halogens is 1. The van der Waals surface area contributed by atoms with Crippen molar-refractivity contribution in [2.45, 2.75) is 45.9 Å². The van der Waals surface area contributed by atoms with Crippen molar-refractivity contribution >= 4 is 33.6 Å². The third-order valence-corrected chi connectivity index (χ3v) is 7.08. The van der Waals surface area contributed by atoms with Gasteiger partial charge in [0.15, 0.2) is 0 Å². The van der Waals surface area contributed by atoms with Crippen LogP contribution in [-0.2, 0) is 28.0 Å². The zero-order valence-electron chi connectivity index (χ0n) is 20.2. The van der Waals surface area contributed by atoms with E-state index in [2.05, 4.69) is 10.3 Å². The Morgan fingerprint density at radius 1 is 1.14 bits per heavy atom. The number of ether oxygens (including phenoxy) is 1. The molecule has 1 aromatic carbocycles. The van der Waals surface area contributed by atoms with Crippen LogP contribution in [0.5, 0.6) is 0 Å². The van der Waals surface area contributed by atoms with E-state index in [1.807, 2.05) is 16.9 Å². The third kappa shape index (κ3) is 6.18. The molecule has 0 aliphatic carbocycles. The van der Waals surface area contributed by atoms with E-state index in [9.17, 15) is 22.4 Å². The molecule has 3 heterocycles. The fraction of sp³-hybridized carbons (Fsp3) is 0.375. The minimum atomic E-state index is -4.02. The number of carbonyl (C=O) groups excluding carboxylic acids is 2. The molecule has 192 valence electrons. The molecule has 3 amide bonds. The molecule has 0 atom stereocenters. The number of carbonyl (C=O) groups is 2. The van der Waals surface area contributed by atoms with Crippen LogP contribution in [0.3, 0.4) is 0 Å². The van der Waals surface area contributed by atoms with Gasteiger partial charge < -0.3 is 15.0 Å². The number of fused-ring (bicyclic) bond motifs is 1. The maximum atomic E-state index is 13.4. The number of aromatic nitrogens is 1. The number of anilines is 1. The number of rotatable bonds is 4. The highest BCUT2D eigenvalue weighted by atomic mass is 32.2. The highest BCUT2D eigenvalue weighted by molar-refractivity contribution is 7.87. The number of hydrogen-bond donors (Lipinski definition) is 2. The van der Waals surface area contributed by atoms with Gasteiger partial charge >= 0.3 is 22.3 Å². The van der Waals surface area contributed by atoms with Gasteiger partial charge in [0.2, 0.25) is 0 Å². The summed E-state index contributed by atoms with van der Waals surface area (Å²) in [5, 5.41) is 2.83. The van der Waals surface area contributed by atoms with Gasteiger partial charge in [0, 0.05) is 25.3 Å². The van der Waals surface area contributed by atoms with Crippen LogP contribution in [0.4, 0.5) is 19.7 Å². The molecule has 4 rings (SSSR count). The maximum Gasteiger partial charge on any atom is 0.422 e. The zero-order valence-corrected chi connectivity index (χ0v) is 21.1. The van der Waals surface area contributed by atoms with Gasteiger partial charge in [-0.15, -0.1) is 0 Å². The molecule has 0 saturated carbocycles. The van der Waals surface area contributed by atoms with E-state index >= 15 is 0 Å². The summed E-state index contributed by atoms with van der Waals surface area (Å²) in [6.07, 6.45) is 2.37. The van der Waals surface area contributed by atoms with Crippen LogP contribution in [0.1, 0.15) is 44.0 Å². The first-order chi connectivity index (χ1) is 16.9. The first-order valence-corrected chi connectivity index (χ1v) is 12.8. The summed E-state index contributed by atoms with van der Waals surface area (Å²) in [5.41, 5.74) is 3.03. The van der Waals surface area contributed by atoms with Crippen molar-refractivity contribution < 1.29 is 27.1 Å². The molecule has 0 bridgehead atoms. The number of hydrogen-bond acceptors (Lipinski definition) is 6. The number of urea groups is 1. The Morgan fingerprint density at radius 2 is 1.86 bits per heavy atom. The average molecular weight is 518 g/mol. The van der Waals surface area contributed by atoms with Crippen molar-refractivity contribution in [3.63, 3.8) is 0 Å². The first kappa shape index (κ1) is 25.6. The maximum absolute atomic E-state index is 13.4. The van der Waals surface area contributed by atoms with Crippen LogP contribution >= 0.6 is 0 Å².